The second-order valence-corrected chi connectivity index (χ2v) is 4.58. The van der Waals surface area contributed by atoms with Gasteiger partial charge >= 0.3 is 0 Å². The Morgan fingerprint density at radius 2 is 1.89 bits per heavy atom. The minimum Gasteiger partial charge on any atom is -0.377 e. The molecule has 0 saturated carbocycles. The summed E-state index contributed by atoms with van der Waals surface area (Å²) in [7, 11) is 0. The molecule has 3 heteroatoms. The third-order valence-electron chi connectivity index (χ3n) is 3.14. The molecule has 0 saturated heterocycles. The Labute approximate surface area is 107 Å². The van der Waals surface area contributed by atoms with Gasteiger partial charge in [0.15, 0.2) is 0 Å². The summed E-state index contributed by atoms with van der Waals surface area (Å²) in [5.74, 6) is -0.459. The van der Waals surface area contributed by atoms with E-state index in [0.717, 1.165) is 5.69 Å². The average Bonchev–Trinajstić information content (AvgIpc) is 2.35. The van der Waals surface area contributed by atoms with E-state index < -0.39 is 5.95 Å². The van der Waals surface area contributed by atoms with E-state index in [9.17, 15) is 4.39 Å². The molecule has 0 aliphatic carbocycles. The molecule has 2 aromatic rings. The van der Waals surface area contributed by atoms with Crippen LogP contribution in [0.5, 0.6) is 0 Å². The smallest absolute Gasteiger partial charge is 0.212 e. The van der Waals surface area contributed by atoms with Crippen LogP contribution in [-0.4, -0.2) is 4.98 Å². The standard InChI is InChI=1S/C15H17FN2/c1-10-4-5-13(8-11(10)2)12(3)18-14-6-7-15(16)17-9-14/h4-9,12,18H,1-3H3. The summed E-state index contributed by atoms with van der Waals surface area (Å²) in [6.07, 6.45) is 1.51. The predicted octanol–water partition coefficient (Wildman–Crippen LogP) is 4.01. The molecule has 0 fully saturated rings. The number of nitrogens with zero attached hydrogens (tertiary/aromatic N) is 1. The summed E-state index contributed by atoms with van der Waals surface area (Å²) >= 11 is 0. The largest absolute Gasteiger partial charge is 0.377 e. The van der Waals surface area contributed by atoms with Gasteiger partial charge in [-0.3, -0.25) is 0 Å². The highest BCUT2D eigenvalue weighted by Gasteiger charge is 2.06. The SMILES string of the molecule is Cc1ccc(C(C)Nc2ccc(F)nc2)cc1C. The number of aromatic nitrogens is 1. The number of hydrogen-bond acceptors (Lipinski definition) is 2. The number of halogens is 1. The maximum Gasteiger partial charge on any atom is 0.212 e. The fourth-order valence-corrected chi connectivity index (χ4v) is 1.83. The number of anilines is 1. The van der Waals surface area contributed by atoms with Gasteiger partial charge in [-0.05, 0) is 49.6 Å². The molecule has 0 spiro atoms. The molecule has 1 aromatic carbocycles. The van der Waals surface area contributed by atoms with E-state index in [0.29, 0.717) is 0 Å². The van der Waals surface area contributed by atoms with Gasteiger partial charge in [0.2, 0.25) is 5.95 Å². The minimum atomic E-state index is -0.459. The van der Waals surface area contributed by atoms with Gasteiger partial charge in [0, 0.05) is 6.04 Å². The van der Waals surface area contributed by atoms with Crippen molar-refractivity contribution in [2.24, 2.45) is 0 Å². The maximum atomic E-state index is 12.7. The molecule has 0 aliphatic rings. The molecular formula is C15H17FN2. The number of rotatable bonds is 3. The van der Waals surface area contributed by atoms with Crippen LogP contribution in [0.15, 0.2) is 36.5 Å². The molecule has 1 atom stereocenters. The highest BCUT2D eigenvalue weighted by Crippen LogP contribution is 2.20. The summed E-state index contributed by atoms with van der Waals surface area (Å²) in [6.45, 7) is 6.28. The molecule has 1 N–H and O–H groups in total. The molecule has 1 unspecified atom stereocenters. The fourth-order valence-electron chi connectivity index (χ4n) is 1.83. The van der Waals surface area contributed by atoms with E-state index in [4.69, 9.17) is 0 Å². The van der Waals surface area contributed by atoms with Gasteiger partial charge in [-0.2, -0.15) is 4.39 Å². The second-order valence-electron chi connectivity index (χ2n) is 4.58. The lowest BCUT2D eigenvalue weighted by Gasteiger charge is -2.16. The first kappa shape index (κ1) is 12.6. The topological polar surface area (TPSA) is 24.9 Å². The van der Waals surface area contributed by atoms with E-state index in [1.807, 2.05) is 0 Å². The minimum absolute atomic E-state index is 0.163. The van der Waals surface area contributed by atoms with Crippen molar-refractivity contribution in [1.29, 1.82) is 0 Å². The maximum absolute atomic E-state index is 12.7. The highest BCUT2D eigenvalue weighted by atomic mass is 19.1. The third-order valence-corrected chi connectivity index (χ3v) is 3.14. The Morgan fingerprint density at radius 3 is 2.50 bits per heavy atom. The van der Waals surface area contributed by atoms with Gasteiger partial charge in [-0.15, -0.1) is 0 Å². The van der Waals surface area contributed by atoms with Gasteiger partial charge in [0.1, 0.15) is 0 Å². The molecule has 0 radical (unpaired) electrons. The lowest BCUT2D eigenvalue weighted by atomic mass is 10.0. The van der Waals surface area contributed by atoms with Crippen LogP contribution in [0.2, 0.25) is 0 Å². The van der Waals surface area contributed by atoms with Crippen molar-refractivity contribution in [2.45, 2.75) is 26.8 Å². The average molecular weight is 244 g/mol. The summed E-state index contributed by atoms with van der Waals surface area (Å²) in [5, 5.41) is 3.30. The number of aryl methyl sites for hydroxylation is 2. The first-order valence-electron chi connectivity index (χ1n) is 6.01. The van der Waals surface area contributed by atoms with E-state index in [1.54, 1.807) is 6.07 Å². The first-order chi connectivity index (χ1) is 8.56. The van der Waals surface area contributed by atoms with Crippen molar-refractivity contribution in [3.8, 4) is 0 Å². The molecule has 0 aliphatic heterocycles. The number of nitrogens with one attached hydrogen (secondary N) is 1. The van der Waals surface area contributed by atoms with Crippen molar-refractivity contribution in [3.63, 3.8) is 0 Å². The van der Waals surface area contributed by atoms with E-state index in [1.165, 1.54) is 29.0 Å². The Bertz CT molecular complexity index is 535. The van der Waals surface area contributed by atoms with Crippen molar-refractivity contribution in [1.82, 2.24) is 4.98 Å². The Kier molecular flexibility index (Phi) is 3.60. The molecule has 18 heavy (non-hydrogen) atoms. The van der Waals surface area contributed by atoms with Crippen LogP contribution in [-0.2, 0) is 0 Å². The van der Waals surface area contributed by atoms with Crippen molar-refractivity contribution in [3.05, 3.63) is 59.2 Å². The van der Waals surface area contributed by atoms with Crippen LogP contribution >= 0.6 is 0 Å². The second kappa shape index (κ2) is 5.17. The third kappa shape index (κ3) is 2.86. The molecule has 94 valence electrons. The van der Waals surface area contributed by atoms with Gasteiger partial charge in [0.05, 0.1) is 11.9 Å². The Balaban J connectivity index is 2.13. The van der Waals surface area contributed by atoms with Crippen LogP contribution in [0.1, 0.15) is 29.7 Å². The Morgan fingerprint density at radius 1 is 1.11 bits per heavy atom. The van der Waals surface area contributed by atoms with Crippen LogP contribution in [0, 0.1) is 19.8 Å². The van der Waals surface area contributed by atoms with Crippen molar-refractivity contribution in [2.75, 3.05) is 5.32 Å². The predicted molar refractivity (Wildman–Crippen MR) is 72.1 cm³/mol. The fraction of sp³-hybridized carbons (Fsp3) is 0.267. The van der Waals surface area contributed by atoms with E-state index in [2.05, 4.69) is 49.3 Å². The lowest BCUT2D eigenvalue weighted by molar-refractivity contribution is 0.584. The number of pyridine rings is 1. The normalized spacial score (nSPS) is 12.2. The van der Waals surface area contributed by atoms with Crippen molar-refractivity contribution < 1.29 is 4.39 Å². The highest BCUT2D eigenvalue weighted by molar-refractivity contribution is 5.43. The molecule has 0 bridgehead atoms. The summed E-state index contributed by atoms with van der Waals surface area (Å²) in [6, 6.07) is 9.61. The zero-order chi connectivity index (χ0) is 13.1. The van der Waals surface area contributed by atoms with E-state index in [-0.39, 0.29) is 6.04 Å². The quantitative estimate of drug-likeness (QED) is 0.825. The molecule has 1 aromatic heterocycles. The van der Waals surface area contributed by atoms with Gasteiger partial charge in [-0.1, -0.05) is 18.2 Å². The van der Waals surface area contributed by atoms with Gasteiger partial charge in [-0.25, -0.2) is 4.98 Å². The number of benzene rings is 1. The molecule has 2 nitrogen and oxygen atoms in total. The summed E-state index contributed by atoms with van der Waals surface area (Å²) in [5.41, 5.74) is 4.59. The molecular weight excluding hydrogens is 227 g/mol. The van der Waals surface area contributed by atoms with Crippen LogP contribution in [0.4, 0.5) is 10.1 Å². The molecule has 2 rings (SSSR count). The first-order valence-corrected chi connectivity index (χ1v) is 6.01. The van der Waals surface area contributed by atoms with E-state index >= 15 is 0 Å². The van der Waals surface area contributed by atoms with Crippen molar-refractivity contribution >= 4 is 5.69 Å². The van der Waals surface area contributed by atoms with Crippen LogP contribution in [0.25, 0.3) is 0 Å². The van der Waals surface area contributed by atoms with Crippen LogP contribution < -0.4 is 5.32 Å². The monoisotopic (exact) mass is 244 g/mol. The van der Waals surface area contributed by atoms with Crippen LogP contribution in [0.3, 0.4) is 0 Å². The summed E-state index contributed by atoms with van der Waals surface area (Å²) < 4.78 is 12.7. The van der Waals surface area contributed by atoms with Gasteiger partial charge in [0.25, 0.3) is 0 Å². The molecule has 1 heterocycles. The van der Waals surface area contributed by atoms with Gasteiger partial charge < -0.3 is 5.32 Å². The lowest BCUT2D eigenvalue weighted by Crippen LogP contribution is -2.07. The zero-order valence-electron chi connectivity index (χ0n) is 10.9. The zero-order valence-corrected chi connectivity index (χ0v) is 10.9. The molecule has 0 amide bonds. The number of hydrogen-bond donors (Lipinski definition) is 1. The summed E-state index contributed by atoms with van der Waals surface area (Å²) in [4.78, 5) is 3.63. The Hall–Kier alpha value is -1.90.